The van der Waals surface area contributed by atoms with Crippen LogP contribution < -0.4 is 4.74 Å². The molecule has 0 bridgehead atoms. The SMILES string of the molecule is COc1ccc(-c2cc(Cl)cc(Cl)c2)cc1O. The van der Waals surface area contributed by atoms with Crippen LogP contribution in [0, 0.1) is 0 Å². The lowest BCUT2D eigenvalue weighted by atomic mass is 10.1. The summed E-state index contributed by atoms with van der Waals surface area (Å²) in [5.74, 6) is 0.517. The molecule has 0 fully saturated rings. The van der Waals surface area contributed by atoms with Gasteiger partial charge in [-0.15, -0.1) is 0 Å². The fourth-order valence-electron chi connectivity index (χ4n) is 1.59. The van der Waals surface area contributed by atoms with Gasteiger partial charge in [0.25, 0.3) is 0 Å². The van der Waals surface area contributed by atoms with Crippen molar-refractivity contribution in [2.24, 2.45) is 0 Å². The molecule has 2 aromatic rings. The Hall–Kier alpha value is -1.38. The summed E-state index contributed by atoms with van der Waals surface area (Å²) in [5.41, 5.74) is 1.67. The Labute approximate surface area is 109 Å². The first-order valence-electron chi connectivity index (χ1n) is 4.93. The van der Waals surface area contributed by atoms with Crippen molar-refractivity contribution in [3.8, 4) is 22.6 Å². The molecule has 17 heavy (non-hydrogen) atoms. The van der Waals surface area contributed by atoms with Crippen LogP contribution in [-0.4, -0.2) is 12.2 Å². The first-order chi connectivity index (χ1) is 8.10. The van der Waals surface area contributed by atoms with E-state index in [4.69, 9.17) is 27.9 Å². The standard InChI is InChI=1S/C13H10Cl2O2/c1-17-13-3-2-8(6-12(13)16)9-4-10(14)7-11(15)5-9/h2-7,16H,1H3. The Bertz CT molecular complexity index is 533. The van der Waals surface area contributed by atoms with Crippen LogP contribution in [0.1, 0.15) is 0 Å². The summed E-state index contributed by atoms with van der Waals surface area (Å²) < 4.78 is 4.98. The second kappa shape index (κ2) is 4.86. The number of phenols is 1. The number of benzene rings is 2. The minimum absolute atomic E-state index is 0.0843. The maximum atomic E-state index is 9.70. The van der Waals surface area contributed by atoms with Gasteiger partial charge in [0.1, 0.15) is 0 Å². The predicted molar refractivity (Wildman–Crippen MR) is 70.1 cm³/mol. The molecule has 0 amide bonds. The molecule has 0 atom stereocenters. The first-order valence-corrected chi connectivity index (χ1v) is 5.69. The molecule has 0 aromatic heterocycles. The number of halogens is 2. The maximum absolute atomic E-state index is 9.70. The van der Waals surface area contributed by atoms with Crippen molar-refractivity contribution in [2.75, 3.05) is 7.11 Å². The van der Waals surface area contributed by atoms with E-state index in [1.807, 2.05) is 6.07 Å². The van der Waals surface area contributed by atoms with E-state index in [0.29, 0.717) is 15.8 Å². The van der Waals surface area contributed by atoms with Gasteiger partial charge in [-0.3, -0.25) is 0 Å². The smallest absolute Gasteiger partial charge is 0.160 e. The molecule has 0 saturated heterocycles. The summed E-state index contributed by atoms with van der Waals surface area (Å²) in [6.45, 7) is 0. The summed E-state index contributed by atoms with van der Waals surface area (Å²) in [6.07, 6.45) is 0. The number of aromatic hydroxyl groups is 1. The number of hydrogen-bond acceptors (Lipinski definition) is 2. The van der Waals surface area contributed by atoms with Crippen molar-refractivity contribution < 1.29 is 9.84 Å². The number of ether oxygens (including phenoxy) is 1. The lowest BCUT2D eigenvalue weighted by molar-refractivity contribution is 0.373. The van der Waals surface area contributed by atoms with Gasteiger partial charge in [0.2, 0.25) is 0 Å². The van der Waals surface area contributed by atoms with Crippen molar-refractivity contribution in [2.45, 2.75) is 0 Å². The Kier molecular flexibility index (Phi) is 3.46. The monoisotopic (exact) mass is 268 g/mol. The van der Waals surface area contributed by atoms with Crippen LogP contribution in [0.2, 0.25) is 10.0 Å². The van der Waals surface area contributed by atoms with Gasteiger partial charge in [0.15, 0.2) is 11.5 Å². The molecule has 1 N–H and O–H groups in total. The normalized spacial score (nSPS) is 10.3. The van der Waals surface area contributed by atoms with E-state index in [1.165, 1.54) is 7.11 Å². The molecular weight excluding hydrogens is 259 g/mol. The summed E-state index contributed by atoms with van der Waals surface area (Å²) >= 11 is 11.9. The Morgan fingerprint density at radius 1 is 0.941 bits per heavy atom. The number of methoxy groups -OCH3 is 1. The largest absolute Gasteiger partial charge is 0.504 e. The molecule has 0 saturated carbocycles. The summed E-state index contributed by atoms with van der Waals surface area (Å²) in [4.78, 5) is 0. The van der Waals surface area contributed by atoms with Crippen molar-refractivity contribution in [1.82, 2.24) is 0 Å². The van der Waals surface area contributed by atoms with Crippen LogP contribution in [-0.2, 0) is 0 Å². The zero-order valence-electron chi connectivity index (χ0n) is 9.08. The molecule has 0 radical (unpaired) electrons. The second-order valence-corrected chi connectivity index (χ2v) is 4.42. The van der Waals surface area contributed by atoms with Crippen molar-refractivity contribution in [3.63, 3.8) is 0 Å². The maximum Gasteiger partial charge on any atom is 0.160 e. The van der Waals surface area contributed by atoms with Gasteiger partial charge >= 0.3 is 0 Å². The van der Waals surface area contributed by atoms with E-state index in [9.17, 15) is 5.11 Å². The van der Waals surface area contributed by atoms with Crippen LogP contribution in [0.4, 0.5) is 0 Å². The van der Waals surface area contributed by atoms with E-state index in [0.717, 1.165) is 11.1 Å². The molecule has 0 aliphatic carbocycles. The molecule has 4 heteroatoms. The molecule has 0 unspecified atom stereocenters. The van der Waals surface area contributed by atoms with Crippen LogP contribution in [0.5, 0.6) is 11.5 Å². The lowest BCUT2D eigenvalue weighted by Gasteiger charge is -2.07. The average molecular weight is 269 g/mol. The average Bonchev–Trinajstić information content (AvgIpc) is 2.27. The van der Waals surface area contributed by atoms with Gasteiger partial charge in [-0.1, -0.05) is 29.3 Å². The van der Waals surface area contributed by atoms with Crippen LogP contribution >= 0.6 is 23.2 Å². The lowest BCUT2D eigenvalue weighted by Crippen LogP contribution is -1.84. The van der Waals surface area contributed by atoms with E-state index in [2.05, 4.69) is 0 Å². The van der Waals surface area contributed by atoms with Gasteiger partial charge in [-0.25, -0.2) is 0 Å². The minimum atomic E-state index is 0.0843. The Morgan fingerprint density at radius 2 is 1.59 bits per heavy atom. The fraction of sp³-hybridized carbons (Fsp3) is 0.0769. The topological polar surface area (TPSA) is 29.5 Å². The van der Waals surface area contributed by atoms with Gasteiger partial charge in [0.05, 0.1) is 7.11 Å². The van der Waals surface area contributed by atoms with E-state index in [-0.39, 0.29) is 5.75 Å². The number of rotatable bonds is 2. The fourth-order valence-corrected chi connectivity index (χ4v) is 2.12. The predicted octanol–water partition coefficient (Wildman–Crippen LogP) is 4.37. The van der Waals surface area contributed by atoms with Crippen molar-refractivity contribution >= 4 is 23.2 Å². The van der Waals surface area contributed by atoms with Crippen LogP contribution in [0.15, 0.2) is 36.4 Å². The third kappa shape index (κ3) is 2.65. The van der Waals surface area contributed by atoms with Crippen LogP contribution in [0.25, 0.3) is 11.1 Å². The third-order valence-electron chi connectivity index (χ3n) is 2.37. The summed E-state index contributed by atoms with van der Waals surface area (Å²) in [7, 11) is 1.50. The number of phenolic OH excluding ortho intramolecular Hbond substituents is 1. The first kappa shape index (κ1) is 12.1. The molecule has 0 spiro atoms. The molecule has 2 aromatic carbocycles. The van der Waals surface area contributed by atoms with E-state index < -0.39 is 0 Å². The Balaban J connectivity index is 2.49. The number of hydrogen-bond donors (Lipinski definition) is 1. The second-order valence-electron chi connectivity index (χ2n) is 3.54. The van der Waals surface area contributed by atoms with Gasteiger partial charge < -0.3 is 9.84 Å². The highest BCUT2D eigenvalue weighted by molar-refractivity contribution is 6.35. The zero-order valence-corrected chi connectivity index (χ0v) is 10.6. The summed E-state index contributed by atoms with van der Waals surface area (Å²) in [6, 6.07) is 10.4. The highest BCUT2D eigenvalue weighted by Gasteiger charge is 2.06. The molecule has 0 aliphatic rings. The van der Waals surface area contributed by atoms with Crippen LogP contribution in [0.3, 0.4) is 0 Å². The molecule has 2 nitrogen and oxygen atoms in total. The molecule has 0 heterocycles. The van der Waals surface area contributed by atoms with E-state index in [1.54, 1.807) is 30.3 Å². The highest BCUT2D eigenvalue weighted by Crippen LogP contribution is 2.33. The molecular formula is C13H10Cl2O2. The van der Waals surface area contributed by atoms with Gasteiger partial charge in [0, 0.05) is 10.0 Å². The quantitative estimate of drug-likeness (QED) is 0.876. The molecule has 2 rings (SSSR count). The summed E-state index contributed by atoms with van der Waals surface area (Å²) in [5, 5.41) is 10.8. The van der Waals surface area contributed by atoms with Gasteiger partial charge in [-0.05, 0) is 41.5 Å². The minimum Gasteiger partial charge on any atom is -0.504 e. The highest BCUT2D eigenvalue weighted by atomic mass is 35.5. The molecule has 0 aliphatic heterocycles. The zero-order chi connectivity index (χ0) is 12.4. The molecule has 88 valence electrons. The third-order valence-corrected chi connectivity index (χ3v) is 2.81. The van der Waals surface area contributed by atoms with Crippen molar-refractivity contribution in [3.05, 3.63) is 46.4 Å². The van der Waals surface area contributed by atoms with Crippen molar-refractivity contribution in [1.29, 1.82) is 0 Å². The van der Waals surface area contributed by atoms with Gasteiger partial charge in [-0.2, -0.15) is 0 Å². The Morgan fingerprint density at radius 3 is 2.12 bits per heavy atom. The van der Waals surface area contributed by atoms with E-state index >= 15 is 0 Å².